The number of fused-ring (bicyclic) bond motifs is 1. The number of aromatic nitrogens is 2. The number of esters is 1. The Kier molecular flexibility index (Phi) is 8.57. The van der Waals surface area contributed by atoms with E-state index in [0.717, 1.165) is 17.6 Å². The quantitative estimate of drug-likeness (QED) is 0.381. The van der Waals surface area contributed by atoms with Gasteiger partial charge in [0, 0.05) is 41.2 Å². The SMILES string of the molecule is CCN(CC)C(=O)COC(=O)CCc1cc(S(C)(=O)=O)cc(-c2nc(=O)c3ccc(Cl)cc3s2)n1. The van der Waals surface area contributed by atoms with Crippen molar-refractivity contribution in [1.29, 1.82) is 0 Å². The molecule has 0 aliphatic rings. The normalized spacial score (nSPS) is 11.4. The highest BCUT2D eigenvalue weighted by atomic mass is 35.5. The molecule has 35 heavy (non-hydrogen) atoms. The standard InChI is InChI=1S/C23H24ClN3O6S2/c1-4-27(5-2)20(28)13-33-21(29)9-7-15-11-16(35(3,31)32)12-18(25-15)23-26-22(30)17-8-6-14(24)10-19(17)34-23/h6,8,10-12H,4-5,7,9,13H2,1-3H3. The lowest BCUT2D eigenvalue weighted by molar-refractivity contribution is -0.151. The summed E-state index contributed by atoms with van der Waals surface area (Å²) in [4.78, 5) is 46.7. The highest BCUT2D eigenvalue weighted by Crippen LogP contribution is 2.28. The van der Waals surface area contributed by atoms with Crippen LogP contribution in [0.2, 0.25) is 5.02 Å². The third-order valence-corrected chi connectivity index (χ3v) is 7.52. The fraction of sp³-hybridized carbons (Fsp3) is 0.348. The molecule has 3 aromatic rings. The predicted octanol–water partition coefficient (Wildman–Crippen LogP) is 3.12. The lowest BCUT2D eigenvalue weighted by atomic mass is 10.2. The molecule has 2 aromatic heterocycles. The first-order valence-electron chi connectivity index (χ1n) is 10.8. The molecule has 0 radical (unpaired) electrons. The Labute approximate surface area is 211 Å². The predicted molar refractivity (Wildman–Crippen MR) is 134 cm³/mol. The van der Waals surface area contributed by atoms with E-state index in [2.05, 4.69) is 9.97 Å². The third-order valence-electron chi connectivity index (χ3n) is 5.14. The summed E-state index contributed by atoms with van der Waals surface area (Å²) in [6.45, 7) is 4.33. The molecule has 0 saturated heterocycles. The number of carbonyl (C=O) groups excluding carboxylic acids is 2. The van der Waals surface area contributed by atoms with Gasteiger partial charge < -0.3 is 9.64 Å². The van der Waals surface area contributed by atoms with E-state index in [9.17, 15) is 22.8 Å². The molecule has 1 aromatic carbocycles. The fourth-order valence-corrected chi connectivity index (χ4v) is 5.18. The van der Waals surface area contributed by atoms with Gasteiger partial charge in [0.25, 0.3) is 11.5 Å². The third kappa shape index (κ3) is 6.83. The molecule has 0 spiro atoms. The van der Waals surface area contributed by atoms with Gasteiger partial charge >= 0.3 is 5.97 Å². The highest BCUT2D eigenvalue weighted by molar-refractivity contribution is 7.90. The van der Waals surface area contributed by atoms with Gasteiger partial charge in [0.1, 0.15) is 10.7 Å². The number of hydrogen-bond acceptors (Lipinski definition) is 9. The van der Waals surface area contributed by atoms with E-state index in [1.807, 2.05) is 13.8 Å². The maximum Gasteiger partial charge on any atom is 0.306 e. The van der Waals surface area contributed by atoms with E-state index < -0.39 is 21.4 Å². The molecule has 3 rings (SSSR count). The minimum atomic E-state index is -3.62. The van der Waals surface area contributed by atoms with E-state index in [0.29, 0.717) is 33.9 Å². The second-order valence-electron chi connectivity index (χ2n) is 7.64. The molecule has 186 valence electrons. The summed E-state index contributed by atoms with van der Waals surface area (Å²) in [5, 5.41) is 1.07. The summed E-state index contributed by atoms with van der Waals surface area (Å²) in [7, 11) is -3.62. The average molecular weight is 538 g/mol. The maximum absolute atomic E-state index is 12.5. The second kappa shape index (κ2) is 11.2. The summed E-state index contributed by atoms with van der Waals surface area (Å²) in [6.07, 6.45) is 1.02. The summed E-state index contributed by atoms with van der Waals surface area (Å²) in [5.41, 5.74) is 0.0135. The van der Waals surface area contributed by atoms with E-state index in [-0.39, 0.29) is 41.0 Å². The fourth-order valence-electron chi connectivity index (χ4n) is 3.27. The van der Waals surface area contributed by atoms with Gasteiger partial charge in [-0.15, -0.1) is 11.3 Å². The Morgan fingerprint density at radius 2 is 1.83 bits per heavy atom. The van der Waals surface area contributed by atoms with Crippen LogP contribution in [0.3, 0.4) is 0 Å². The van der Waals surface area contributed by atoms with Crippen LogP contribution in [0.5, 0.6) is 0 Å². The van der Waals surface area contributed by atoms with Gasteiger partial charge in [-0.2, -0.15) is 4.98 Å². The summed E-state index contributed by atoms with van der Waals surface area (Å²) < 4.78 is 30.2. The van der Waals surface area contributed by atoms with Crippen LogP contribution in [0.25, 0.3) is 20.8 Å². The maximum atomic E-state index is 12.5. The summed E-state index contributed by atoms with van der Waals surface area (Å²) in [5.74, 6) is -0.901. The molecule has 0 aliphatic heterocycles. The van der Waals surface area contributed by atoms with Crippen molar-refractivity contribution < 1.29 is 22.7 Å². The van der Waals surface area contributed by atoms with E-state index in [1.165, 1.54) is 12.1 Å². The van der Waals surface area contributed by atoms with Crippen LogP contribution in [-0.2, 0) is 30.6 Å². The molecule has 9 nitrogen and oxygen atoms in total. The van der Waals surface area contributed by atoms with Crippen LogP contribution >= 0.6 is 22.9 Å². The first kappa shape index (κ1) is 26.7. The zero-order chi connectivity index (χ0) is 25.8. The molecule has 0 aliphatic carbocycles. The number of carbonyl (C=O) groups is 2. The largest absolute Gasteiger partial charge is 0.456 e. The number of rotatable bonds is 9. The Morgan fingerprint density at radius 1 is 1.11 bits per heavy atom. The van der Waals surface area contributed by atoms with Crippen molar-refractivity contribution in [3.8, 4) is 10.7 Å². The Bertz CT molecular complexity index is 1430. The molecule has 0 bridgehead atoms. The second-order valence-corrected chi connectivity index (χ2v) is 11.1. The van der Waals surface area contributed by atoms with Crippen molar-refractivity contribution in [2.24, 2.45) is 0 Å². The van der Waals surface area contributed by atoms with Crippen molar-refractivity contribution in [2.45, 2.75) is 31.6 Å². The number of nitrogens with zero attached hydrogens (tertiary/aromatic N) is 3. The van der Waals surface area contributed by atoms with Crippen molar-refractivity contribution in [3.63, 3.8) is 0 Å². The van der Waals surface area contributed by atoms with Gasteiger partial charge in [0.05, 0.1) is 16.7 Å². The number of aryl methyl sites for hydroxylation is 1. The van der Waals surface area contributed by atoms with E-state index in [1.54, 1.807) is 23.1 Å². The number of pyridine rings is 1. The molecule has 2 heterocycles. The zero-order valence-electron chi connectivity index (χ0n) is 19.4. The first-order valence-corrected chi connectivity index (χ1v) is 13.9. The number of halogens is 1. The van der Waals surface area contributed by atoms with Crippen LogP contribution in [0, 0.1) is 0 Å². The van der Waals surface area contributed by atoms with Crippen LogP contribution < -0.4 is 5.56 Å². The van der Waals surface area contributed by atoms with E-state index in [4.69, 9.17) is 16.3 Å². The van der Waals surface area contributed by atoms with Gasteiger partial charge in [-0.3, -0.25) is 19.4 Å². The van der Waals surface area contributed by atoms with Gasteiger partial charge in [-0.1, -0.05) is 11.6 Å². The van der Waals surface area contributed by atoms with E-state index >= 15 is 0 Å². The molecular formula is C23H24ClN3O6S2. The number of benzene rings is 1. The molecule has 0 unspecified atom stereocenters. The summed E-state index contributed by atoms with van der Waals surface area (Å²) >= 11 is 7.20. The average Bonchev–Trinajstić information content (AvgIpc) is 2.81. The van der Waals surface area contributed by atoms with Crippen LogP contribution in [-0.4, -0.2) is 61.1 Å². The number of amides is 1. The lowest BCUT2D eigenvalue weighted by Gasteiger charge is -2.18. The highest BCUT2D eigenvalue weighted by Gasteiger charge is 2.17. The number of likely N-dealkylation sites (N-methyl/N-ethyl adjacent to an activating group) is 1. The van der Waals surface area contributed by atoms with Gasteiger partial charge in [-0.05, 0) is 44.2 Å². The minimum Gasteiger partial charge on any atom is -0.456 e. The first-order chi connectivity index (χ1) is 16.5. The summed E-state index contributed by atoms with van der Waals surface area (Å²) in [6, 6.07) is 7.51. The molecule has 0 fully saturated rings. The van der Waals surface area contributed by atoms with Crippen LogP contribution in [0.4, 0.5) is 0 Å². The molecule has 12 heteroatoms. The molecule has 0 N–H and O–H groups in total. The van der Waals surface area contributed by atoms with Gasteiger partial charge in [-0.25, -0.2) is 8.42 Å². The number of sulfone groups is 1. The molecule has 0 atom stereocenters. The lowest BCUT2D eigenvalue weighted by Crippen LogP contribution is -2.34. The Hall–Kier alpha value is -2.89. The van der Waals surface area contributed by atoms with Crippen molar-refractivity contribution in [1.82, 2.24) is 14.9 Å². The van der Waals surface area contributed by atoms with Crippen LogP contribution in [0.15, 0.2) is 40.0 Å². The van der Waals surface area contributed by atoms with Gasteiger partial charge in [0.2, 0.25) is 0 Å². The van der Waals surface area contributed by atoms with Gasteiger partial charge in [0.15, 0.2) is 16.4 Å². The zero-order valence-corrected chi connectivity index (χ0v) is 21.8. The monoisotopic (exact) mass is 537 g/mol. The van der Waals surface area contributed by atoms with Crippen molar-refractivity contribution >= 4 is 54.7 Å². The topological polar surface area (TPSA) is 124 Å². The van der Waals surface area contributed by atoms with Crippen molar-refractivity contribution in [3.05, 3.63) is 51.4 Å². The Morgan fingerprint density at radius 3 is 2.49 bits per heavy atom. The van der Waals surface area contributed by atoms with Crippen molar-refractivity contribution in [2.75, 3.05) is 26.0 Å². The number of ether oxygens (including phenoxy) is 1. The van der Waals surface area contributed by atoms with Crippen LogP contribution in [0.1, 0.15) is 26.0 Å². The molecule has 1 amide bonds. The minimum absolute atomic E-state index is 0.0183. The smallest absolute Gasteiger partial charge is 0.306 e. The Balaban J connectivity index is 1.86. The molecule has 0 saturated carbocycles. The molecular weight excluding hydrogens is 514 g/mol. The number of hydrogen-bond donors (Lipinski definition) is 0.